The minimum atomic E-state index is -0.380. The molecule has 7 nitrogen and oxygen atoms in total. The molecule has 2 aliphatic heterocycles. The fourth-order valence-electron chi connectivity index (χ4n) is 3.84. The molecule has 0 bridgehead atoms. The number of rotatable bonds is 0. The fourth-order valence-corrected chi connectivity index (χ4v) is 4.30. The average molecular weight is 444 g/mol. The second-order valence-electron chi connectivity index (χ2n) is 6.60. The lowest BCUT2D eigenvalue weighted by atomic mass is 10.1. The van der Waals surface area contributed by atoms with E-state index in [0.29, 0.717) is 29.1 Å². The number of hydrogen-bond donors (Lipinski definition) is 1. The predicted molar refractivity (Wildman–Crippen MR) is 99.6 cm³/mol. The molecule has 9 heteroatoms. The molecule has 1 saturated heterocycles. The molecule has 128 valence electrons. The third kappa shape index (κ3) is 2.20. The van der Waals surface area contributed by atoms with Gasteiger partial charge < -0.3 is 15.1 Å². The normalized spacial score (nSPS) is 23.8. The Bertz CT molecular complexity index is 900. The Kier molecular flexibility index (Phi) is 3.68. The summed E-state index contributed by atoms with van der Waals surface area (Å²) in [5.41, 5.74) is 0.750. The number of hydrogen-bond acceptors (Lipinski definition) is 6. The lowest BCUT2D eigenvalue weighted by Crippen LogP contribution is -2.59. The average Bonchev–Trinajstić information content (AvgIpc) is 2.67. The van der Waals surface area contributed by atoms with Gasteiger partial charge in [0.05, 0.1) is 45.7 Å². The van der Waals surface area contributed by atoms with Crippen LogP contribution in [0.25, 0.3) is 11.0 Å². The van der Waals surface area contributed by atoms with Gasteiger partial charge in [-0.2, -0.15) is 4.98 Å². The molecule has 1 N–H and O–H groups in total. The highest BCUT2D eigenvalue weighted by Gasteiger charge is 2.37. The Balaban J connectivity index is 2.08. The molecule has 0 amide bonds. The van der Waals surface area contributed by atoms with Crippen LogP contribution in [0.5, 0.6) is 0 Å². The van der Waals surface area contributed by atoms with Crippen LogP contribution in [0.3, 0.4) is 0 Å². The van der Waals surface area contributed by atoms with E-state index in [9.17, 15) is 9.18 Å². The lowest BCUT2D eigenvalue weighted by Gasteiger charge is -2.44. The summed E-state index contributed by atoms with van der Waals surface area (Å²) in [6.07, 6.45) is 0. The number of nitrogens with zero attached hydrogens (tertiary/aromatic N) is 5. The van der Waals surface area contributed by atoms with Crippen LogP contribution in [0.1, 0.15) is 12.6 Å². The standard InChI is InChI=1S/C15H18FIN6O/c1-7-5-21(3)6-9-4-18-12-10-13(22(7)9)20-15(24)23(17)14(10)19-8(2)11(12)16/h7,9,18H,4-6H2,1-3H3. The molecule has 0 saturated carbocycles. The number of anilines is 2. The molecule has 2 unspecified atom stereocenters. The highest BCUT2D eigenvalue weighted by Crippen LogP contribution is 2.38. The summed E-state index contributed by atoms with van der Waals surface area (Å²) in [7, 11) is 2.07. The van der Waals surface area contributed by atoms with Crippen molar-refractivity contribution in [3.8, 4) is 0 Å². The number of halogens is 2. The fraction of sp³-hybridized carbons (Fsp3) is 0.533. The van der Waals surface area contributed by atoms with Gasteiger partial charge in [0.1, 0.15) is 5.82 Å². The third-order valence-corrected chi connectivity index (χ3v) is 5.66. The first-order valence-corrected chi connectivity index (χ1v) is 8.84. The number of aryl methyl sites for hydroxylation is 1. The Morgan fingerprint density at radius 3 is 2.83 bits per heavy atom. The number of fused-ring (bicyclic) bond motifs is 2. The first kappa shape index (κ1) is 16.0. The minimum absolute atomic E-state index is 0.117. The van der Waals surface area contributed by atoms with Crippen molar-refractivity contribution in [2.24, 2.45) is 0 Å². The van der Waals surface area contributed by atoms with Gasteiger partial charge >= 0.3 is 5.69 Å². The first-order chi connectivity index (χ1) is 11.4. The number of nitrogens with one attached hydrogen (secondary N) is 1. The molecule has 0 aliphatic carbocycles. The molecular weight excluding hydrogens is 426 g/mol. The van der Waals surface area contributed by atoms with Crippen molar-refractivity contribution in [2.45, 2.75) is 25.9 Å². The van der Waals surface area contributed by atoms with Gasteiger partial charge in [0.2, 0.25) is 0 Å². The second kappa shape index (κ2) is 5.51. The maximum Gasteiger partial charge on any atom is 0.360 e. The molecule has 2 atom stereocenters. The summed E-state index contributed by atoms with van der Waals surface area (Å²) in [5.74, 6) is 0.168. The number of likely N-dealkylation sites (N-methyl/N-ethyl adjacent to an activating group) is 1. The summed E-state index contributed by atoms with van der Waals surface area (Å²) in [5, 5.41) is 3.83. The van der Waals surface area contributed by atoms with Gasteiger partial charge in [-0.25, -0.2) is 16.9 Å². The smallest absolute Gasteiger partial charge is 0.360 e. The van der Waals surface area contributed by atoms with E-state index in [1.165, 1.54) is 2.78 Å². The zero-order chi connectivity index (χ0) is 17.2. The summed E-state index contributed by atoms with van der Waals surface area (Å²) in [6, 6.07) is 0.289. The van der Waals surface area contributed by atoms with Crippen molar-refractivity contribution >= 4 is 45.4 Å². The lowest BCUT2D eigenvalue weighted by molar-refractivity contribution is 0.236. The summed E-state index contributed by atoms with van der Waals surface area (Å²) >= 11 is 1.88. The van der Waals surface area contributed by atoms with Crippen LogP contribution < -0.4 is 15.9 Å². The molecular formula is C15H18FIN6O. The van der Waals surface area contributed by atoms with Gasteiger partial charge in [-0.1, -0.05) is 0 Å². The SMILES string of the molecule is Cc1nc2c3c(nc(=O)n2I)N2C(C)CN(C)CC2CNc3c1F. The molecule has 0 spiro atoms. The zero-order valence-electron chi connectivity index (χ0n) is 13.7. The van der Waals surface area contributed by atoms with Crippen molar-refractivity contribution in [1.29, 1.82) is 0 Å². The summed E-state index contributed by atoms with van der Waals surface area (Å²) in [6.45, 7) is 6.01. The van der Waals surface area contributed by atoms with E-state index >= 15 is 0 Å². The number of aromatic nitrogens is 3. The topological polar surface area (TPSA) is 66.3 Å². The molecule has 0 radical (unpaired) electrons. The molecule has 2 aromatic heterocycles. The van der Waals surface area contributed by atoms with Crippen molar-refractivity contribution in [3.05, 3.63) is 22.0 Å². The highest BCUT2D eigenvalue weighted by molar-refractivity contribution is 14.1. The second-order valence-corrected chi connectivity index (χ2v) is 7.56. The highest BCUT2D eigenvalue weighted by atomic mass is 127. The quantitative estimate of drug-likeness (QED) is 0.620. The van der Waals surface area contributed by atoms with Crippen molar-refractivity contribution in [2.75, 3.05) is 36.9 Å². The van der Waals surface area contributed by atoms with Crippen LogP contribution in [-0.4, -0.2) is 56.4 Å². The molecule has 2 aromatic rings. The molecule has 0 aromatic carbocycles. The summed E-state index contributed by atoms with van der Waals surface area (Å²) < 4.78 is 16.1. The van der Waals surface area contributed by atoms with E-state index in [1.54, 1.807) is 6.92 Å². The van der Waals surface area contributed by atoms with Gasteiger partial charge in [-0.05, 0) is 20.9 Å². The molecule has 4 rings (SSSR count). The van der Waals surface area contributed by atoms with Crippen LogP contribution in [0, 0.1) is 12.7 Å². The van der Waals surface area contributed by atoms with E-state index in [1.807, 2.05) is 22.9 Å². The monoisotopic (exact) mass is 444 g/mol. The molecule has 1 fully saturated rings. The van der Waals surface area contributed by atoms with E-state index in [-0.39, 0.29) is 29.3 Å². The molecule has 24 heavy (non-hydrogen) atoms. The van der Waals surface area contributed by atoms with Gasteiger partial charge in [0.25, 0.3) is 0 Å². The van der Waals surface area contributed by atoms with E-state index in [0.717, 1.165) is 13.1 Å². The van der Waals surface area contributed by atoms with Crippen LogP contribution in [0.15, 0.2) is 4.79 Å². The first-order valence-electron chi connectivity index (χ1n) is 7.88. The predicted octanol–water partition coefficient (Wildman–Crippen LogP) is 1.37. The van der Waals surface area contributed by atoms with Crippen molar-refractivity contribution in [3.63, 3.8) is 0 Å². The van der Waals surface area contributed by atoms with E-state index in [4.69, 9.17) is 0 Å². The van der Waals surface area contributed by atoms with Gasteiger partial charge in [0, 0.05) is 25.7 Å². The molecule has 4 heterocycles. The van der Waals surface area contributed by atoms with Gasteiger partial charge in [-0.3, -0.25) is 0 Å². The van der Waals surface area contributed by atoms with Crippen molar-refractivity contribution in [1.82, 2.24) is 17.6 Å². The Morgan fingerprint density at radius 1 is 1.33 bits per heavy atom. The van der Waals surface area contributed by atoms with Gasteiger partial charge in [0.15, 0.2) is 11.5 Å². The van der Waals surface area contributed by atoms with Gasteiger partial charge in [-0.15, -0.1) is 0 Å². The van der Waals surface area contributed by atoms with Crippen LogP contribution >= 0.6 is 22.9 Å². The number of piperazine rings is 1. The number of pyridine rings is 1. The molecule has 2 aliphatic rings. The van der Waals surface area contributed by atoms with Crippen molar-refractivity contribution < 1.29 is 4.39 Å². The van der Waals surface area contributed by atoms with E-state index in [2.05, 4.69) is 39.1 Å². The summed E-state index contributed by atoms with van der Waals surface area (Å²) in [4.78, 5) is 25.4. The third-order valence-electron chi connectivity index (χ3n) is 4.79. The van der Waals surface area contributed by atoms with Crippen LogP contribution in [-0.2, 0) is 0 Å². The van der Waals surface area contributed by atoms with Crippen LogP contribution in [0.4, 0.5) is 15.9 Å². The maximum atomic E-state index is 14.7. The maximum absolute atomic E-state index is 14.7. The van der Waals surface area contributed by atoms with Crippen LogP contribution in [0.2, 0.25) is 0 Å². The Labute approximate surface area is 152 Å². The Morgan fingerprint density at radius 2 is 2.08 bits per heavy atom. The zero-order valence-corrected chi connectivity index (χ0v) is 15.8. The largest absolute Gasteiger partial charge is 0.380 e. The minimum Gasteiger partial charge on any atom is -0.380 e. The van der Waals surface area contributed by atoms with E-state index < -0.39 is 0 Å². The Hall–Kier alpha value is -1.49.